The number of hydrogen-bond donors (Lipinski definition) is 0. The number of methoxy groups -OCH3 is 1. The van der Waals surface area contributed by atoms with Crippen molar-refractivity contribution in [2.24, 2.45) is 10.4 Å². The first-order valence-corrected chi connectivity index (χ1v) is 8.54. The molecule has 0 amide bonds. The minimum Gasteiger partial charge on any atom is -0.490 e. The number of nitriles is 1. The molecule has 0 aliphatic heterocycles. The van der Waals surface area contributed by atoms with Gasteiger partial charge in [0, 0.05) is 18.1 Å². The standard InChI is InChI=1S/C19H22N2O2/c1-22-14-6-8-19(9-7-14)11-13-2-3-16(23-15-4-5-15)10-17(13)18(19)21-12-20/h2-3,10,14-15H,4-9,11H2,1H3/b21-18-. The van der Waals surface area contributed by atoms with E-state index in [1.54, 1.807) is 7.11 Å². The van der Waals surface area contributed by atoms with E-state index in [1.165, 1.54) is 5.56 Å². The van der Waals surface area contributed by atoms with Crippen LogP contribution in [0, 0.1) is 16.9 Å². The van der Waals surface area contributed by atoms with Crippen molar-refractivity contribution in [2.45, 2.75) is 57.2 Å². The Morgan fingerprint density at radius 1 is 1.17 bits per heavy atom. The Bertz CT molecular complexity index is 677. The van der Waals surface area contributed by atoms with Crippen LogP contribution in [0.5, 0.6) is 5.75 Å². The van der Waals surface area contributed by atoms with Crippen LogP contribution in [-0.4, -0.2) is 25.0 Å². The lowest BCUT2D eigenvalue weighted by Gasteiger charge is -2.36. The molecule has 1 aromatic rings. The minimum atomic E-state index is 0.0191. The number of nitrogens with zero attached hydrogens (tertiary/aromatic N) is 2. The second-order valence-electron chi connectivity index (χ2n) is 7.09. The summed E-state index contributed by atoms with van der Waals surface area (Å²) in [5.41, 5.74) is 3.43. The molecule has 4 nitrogen and oxygen atoms in total. The molecular formula is C19H22N2O2. The molecule has 0 radical (unpaired) electrons. The van der Waals surface area contributed by atoms with Crippen molar-refractivity contribution >= 4 is 5.71 Å². The second kappa shape index (κ2) is 5.65. The van der Waals surface area contributed by atoms with E-state index in [0.717, 1.165) is 62.0 Å². The molecule has 0 atom stereocenters. The van der Waals surface area contributed by atoms with Gasteiger partial charge in [0.05, 0.1) is 17.9 Å². The van der Waals surface area contributed by atoms with Crippen molar-refractivity contribution < 1.29 is 9.47 Å². The molecular weight excluding hydrogens is 288 g/mol. The van der Waals surface area contributed by atoms with Crippen LogP contribution in [0.4, 0.5) is 0 Å². The van der Waals surface area contributed by atoms with Crippen LogP contribution in [0.3, 0.4) is 0 Å². The maximum absolute atomic E-state index is 9.20. The van der Waals surface area contributed by atoms with Gasteiger partial charge in [0.25, 0.3) is 0 Å². The summed E-state index contributed by atoms with van der Waals surface area (Å²) < 4.78 is 11.4. The van der Waals surface area contributed by atoms with Gasteiger partial charge in [-0.1, -0.05) is 6.07 Å². The van der Waals surface area contributed by atoms with Crippen LogP contribution in [0.1, 0.15) is 49.7 Å². The van der Waals surface area contributed by atoms with Crippen molar-refractivity contribution in [3.63, 3.8) is 0 Å². The zero-order chi connectivity index (χ0) is 15.9. The van der Waals surface area contributed by atoms with Gasteiger partial charge in [-0.25, -0.2) is 0 Å². The van der Waals surface area contributed by atoms with Crippen LogP contribution in [0.2, 0.25) is 0 Å². The maximum atomic E-state index is 9.20. The fraction of sp³-hybridized carbons (Fsp3) is 0.579. The van der Waals surface area contributed by atoms with E-state index in [1.807, 2.05) is 6.19 Å². The summed E-state index contributed by atoms with van der Waals surface area (Å²) in [6.07, 6.45) is 10.2. The van der Waals surface area contributed by atoms with Crippen LogP contribution in [0.15, 0.2) is 23.2 Å². The molecule has 3 aliphatic rings. The van der Waals surface area contributed by atoms with E-state index < -0.39 is 0 Å². The van der Waals surface area contributed by atoms with E-state index in [2.05, 4.69) is 23.2 Å². The molecule has 2 fully saturated rings. The molecule has 120 valence electrons. The molecule has 0 heterocycles. The zero-order valence-electron chi connectivity index (χ0n) is 13.5. The average molecular weight is 310 g/mol. The summed E-state index contributed by atoms with van der Waals surface area (Å²) in [6, 6.07) is 6.33. The molecule has 23 heavy (non-hydrogen) atoms. The largest absolute Gasteiger partial charge is 0.490 e. The van der Waals surface area contributed by atoms with E-state index >= 15 is 0 Å². The van der Waals surface area contributed by atoms with E-state index in [9.17, 15) is 5.26 Å². The van der Waals surface area contributed by atoms with E-state index in [-0.39, 0.29) is 5.41 Å². The fourth-order valence-electron chi connectivity index (χ4n) is 4.14. The summed E-state index contributed by atoms with van der Waals surface area (Å²) in [5, 5.41) is 9.20. The molecule has 1 aromatic carbocycles. The van der Waals surface area contributed by atoms with Gasteiger partial charge in [-0.3, -0.25) is 0 Å². The molecule has 3 aliphatic carbocycles. The molecule has 0 saturated heterocycles. The Hall–Kier alpha value is -1.86. The number of aliphatic imine (C=N–C) groups is 1. The third kappa shape index (κ3) is 2.64. The predicted molar refractivity (Wildman–Crippen MR) is 87.6 cm³/mol. The minimum absolute atomic E-state index is 0.0191. The van der Waals surface area contributed by atoms with Crippen LogP contribution in [0.25, 0.3) is 0 Å². The highest BCUT2D eigenvalue weighted by Crippen LogP contribution is 2.49. The molecule has 0 N–H and O–H groups in total. The Morgan fingerprint density at radius 2 is 1.96 bits per heavy atom. The number of fused-ring (bicyclic) bond motifs is 1. The van der Waals surface area contributed by atoms with Gasteiger partial charge in [-0.05, 0) is 62.6 Å². The highest BCUT2D eigenvalue weighted by molar-refractivity contribution is 6.09. The lowest BCUT2D eigenvalue weighted by molar-refractivity contribution is 0.0468. The van der Waals surface area contributed by atoms with Crippen LogP contribution in [-0.2, 0) is 11.2 Å². The van der Waals surface area contributed by atoms with Gasteiger partial charge in [-0.2, -0.15) is 10.3 Å². The molecule has 0 bridgehead atoms. The zero-order valence-corrected chi connectivity index (χ0v) is 13.5. The molecule has 0 unspecified atom stereocenters. The Kier molecular flexibility index (Phi) is 3.61. The van der Waals surface area contributed by atoms with Crippen LogP contribution < -0.4 is 4.74 Å². The summed E-state index contributed by atoms with van der Waals surface area (Å²) >= 11 is 0. The van der Waals surface area contributed by atoms with Gasteiger partial charge in [0.15, 0.2) is 0 Å². The van der Waals surface area contributed by atoms with E-state index in [0.29, 0.717) is 12.2 Å². The van der Waals surface area contributed by atoms with Crippen molar-refractivity contribution in [3.8, 4) is 11.9 Å². The third-order valence-corrected chi connectivity index (χ3v) is 5.58. The first kappa shape index (κ1) is 14.7. The quantitative estimate of drug-likeness (QED) is 0.801. The first-order chi connectivity index (χ1) is 11.2. The van der Waals surface area contributed by atoms with Crippen LogP contribution >= 0.6 is 0 Å². The number of ether oxygens (including phenoxy) is 2. The van der Waals surface area contributed by atoms with E-state index in [4.69, 9.17) is 9.47 Å². The van der Waals surface area contributed by atoms with Gasteiger partial charge < -0.3 is 9.47 Å². The number of rotatable bonds is 3. The molecule has 1 spiro atoms. The normalized spacial score (nSPS) is 31.1. The summed E-state index contributed by atoms with van der Waals surface area (Å²) in [5.74, 6) is 0.916. The number of benzene rings is 1. The van der Waals surface area contributed by atoms with Crippen molar-refractivity contribution in [2.75, 3.05) is 7.11 Å². The smallest absolute Gasteiger partial charge is 0.205 e. The van der Waals surface area contributed by atoms with Gasteiger partial charge in [-0.15, -0.1) is 0 Å². The van der Waals surface area contributed by atoms with Crippen molar-refractivity contribution in [1.82, 2.24) is 0 Å². The lowest BCUT2D eigenvalue weighted by atomic mass is 9.70. The van der Waals surface area contributed by atoms with Gasteiger partial charge >= 0.3 is 0 Å². The lowest BCUT2D eigenvalue weighted by Crippen LogP contribution is -2.35. The molecule has 2 saturated carbocycles. The summed E-state index contributed by atoms with van der Waals surface area (Å²) in [4.78, 5) is 4.25. The summed E-state index contributed by atoms with van der Waals surface area (Å²) in [7, 11) is 1.79. The molecule has 0 aromatic heterocycles. The highest BCUT2D eigenvalue weighted by Gasteiger charge is 2.46. The first-order valence-electron chi connectivity index (χ1n) is 8.54. The SMILES string of the molecule is COC1CCC2(CC1)Cc1ccc(OC3CC3)cc1/C2=N/C#N. The Labute approximate surface area is 137 Å². The highest BCUT2D eigenvalue weighted by atomic mass is 16.5. The number of hydrogen-bond acceptors (Lipinski definition) is 4. The maximum Gasteiger partial charge on any atom is 0.205 e. The molecule has 4 rings (SSSR count). The van der Waals surface area contributed by atoms with Gasteiger partial charge in [0.2, 0.25) is 6.19 Å². The monoisotopic (exact) mass is 310 g/mol. The average Bonchev–Trinajstić information content (AvgIpc) is 3.34. The fourth-order valence-corrected chi connectivity index (χ4v) is 4.14. The Balaban J connectivity index is 1.65. The van der Waals surface area contributed by atoms with Gasteiger partial charge in [0.1, 0.15) is 5.75 Å². The summed E-state index contributed by atoms with van der Waals surface area (Å²) in [6.45, 7) is 0. The van der Waals surface area contributed by atoms with Crippen molar-refractivity contribution in [1.29, 1.82) is 5.26 Å². The van der Waals surface area contributed by atoms with Crippen molar-refractivity contribution in [3.05, 3.63) is 29.3 Å². The Morgan fingerprint density at radius 3 is 2.61 bits per heavy atom. The third-order valence-electron chi connectivity index (χ3n) is 5.58. The topological polar surface area (TPSA) is 54.6 Å². The predicted octanol–water partition coefficient (Wildman–Crippen LogP) is 3.63. The molecule has 4 heteroatoms. The second-order valence-corrected chi connectivity index (χ2v) is 7.09.